The van der Waals surface area contributed by atoms with Crippen molar-refractivity contribution in [2.75, 3.05) is 13.6 Å². The summed E-state index contributed by atoms with van der Waals surface area (Å²) in [5.74, 6) is 0.0653. The molecule has 0 N–H and O–H groups in total. The highest BCUT2D eigenvalue weighted by Crippen LogP contribution is 2.21. The van der Waals surface area contributed by atoms with Crippen LogP contribution in [0, 0.1) is 12.3 Å². The summed E-state index contributed by atoms with van der Waals surface area (Å²) in [4.78, 5) is 14.1. The molecule has 0 aromatic heterocycles. The molecule has 0 radical (unpaired) electrons. The van der Waals surface area contributed by atoms with Crippen LogP contribution in [0.5, 0.6) is 0 Å². The first-order chi connectivity index (χ1) is 7.70. The highest BCUT2D eigenvalue weighted by Gasteiger charge is 2.20. The molecule has 1 aromatic carbocycles. The van der Waals surface area contributed by atoms with E-state index in [0.717, 1.165) is 22.1 Å². The van der Waals surface area contributed by atoms with Gasteiger partial charge in [-0.15, -0.1) is 0 Å². The van der Waals surface area contributed by atoms with Gasteiger partial charge < -0.3 is 4.90 Å². The summed E-state index contributed by atoms with van der Waals surface area (Å²) in [6.45, 7) is 9.12. The first-order valence-corrected chi connectivity index (χ1v) is 6.51. The molecule has 2 nitrogen and oxygen atoms in total. The topological polar surface area (TPSA) is 20.3 Å². The Morgan fingerprint density at radius 3 is 2.47 bits per heavy atom. The minimum Gasteiger partial charge on any atom is -0.341 e. The molecule has 1 amide bonds. The van der Waals surface area contributed by atoms with Gasteiger partial charge in [0.1, 0.15) is 0 Å². The zero-order chi connectivity index (χ0) is 13.2. The third kappa shape index (κ3) is 4.15. The molecular weight excluding hydrogens is 278 g/mol. The molecule has 1 rings (SSSR count). The Morgan fingerprint density at radius 2 is 1.94 bits per heavy atom. The van der Waals surface area contributed by atoms with Crippen LogP contribution in [0.25, 0.3) is 0 Å². The van der Waals surface area contributed by atoms with E-state index in [0.29, 0.717) is 0 Å². The lowest BCUT2D eigenvalue weighted by Gasteiger charge is -2.27. The SMILES string of the molecule is Cc1ccc(Br)c(C(=O)N(C)CC(C)(C)C)c1. The molecule has 0 bridgehead atoms. The molecule has 0 atom stereocenters. The fourth-order valence-electron chi connectivity index (χ4n) is 1.79. The molecule has 0 heterocycles. The van der Waals surface area contributed by atoms with Gasteiger partial charge in [0.2, 0.25) is 0 Å². The van der Waals surface area contributed by atoms with Gasteiger partial charge in [0.15, 0.2) is 0 Å². The van der Waals surface area contributed by atoms with Crippen molar-refractivity contribution in [3.8, 4) is 0 Å². The van der Waals surface area contributed by atoms with Crippen molar-refractivity contribution < 1.29 is 4.79 Å². The van der Waals surface area contributed by atoms with Crippen LogP contribution in [-0.2, 0) is 0 Å². The molecule has 1 aromatic rings. The summed E-state index contributed by atoms with van der Waals surface area (Å²) in [6, 6.07) is 5.84. The molecule has 0 saturated heterocycles. The van der Waals surface area contributed by atoms with Crippen LogP contribution in [0.2, 0.25) is 0 Å². The van der Waals surface area contributed by atoms with E-state index in [2.05, 4.69) is 36.7 Å². The molecule has 94 valence electrons. The molecule has 17 heavy (non-hydrogen) atoms. The van der Waals surface area contributed by atoms with Crippen LogP contribution in [0.4, 0.5) is 0 Å². The number of aryl methyl sites for hydroxylation is 1. The molecule has 0 saturated carbocycles. The zero-order valence-corrected chi connectivity index (χ0v) is 12.8. The van der Waals surface area contributed by atoms with E-state index in [1.165, 1.54) is 0 Å². The van der Waals surface area contributed by atoms with Gasteiger partial charge in [-0.3, -0.25) is 4.79 Å². The van der Waals surface area contributed by atoms with Crippen LogP contribution in [-0.4, -0.2) is 24.4 Å². The number of amides is 1. The van der Waals surface area contributed by atoms with Gasteiger partial charge in [-0.2, -0.15) is 0 Å². The number of carbonyl (C=O) groups is 1. The minimum absolute atomic E-state index is 0.0653. The maximum Gasteiger partial charge on any atom is 0.254 e. The number of hydrogen-bond acceptors (Lipinski definition) is 1. The maximum atomic E-state index is 12.3. The standard InChI is InChI=1S/C14H20BrNO/c1-10-6-7-12(15)11(8-10)13(17)16(5)9-14(2,3)4/h6-8H,9H2,1-5H3. The monoisotopic (exact) mass is 297 g/mol. The Labute approximate surface area is 112 Å². The van der Waals surface area contributed by atoms with Gasteiger partial charge in [0, 0.05) is 18.1 Å². The Kier molecular flexibility index (Phi) is 4.36. The molecule has 0 spiro atoms. The zero-order valence-electron chi connectivity index (χ0n) is 11.2. The summed E-state index contributed by atoms with van der Waals surface area (Å²) in [7, 11) is 1.85. The van der Waals surface area contributed by atoms with Crippen LogP contribution >= 0.6 is 15.9 Å². The lowest BCUT2D eigenvalue weighted by molar-refractivity contribution is 0.0744. The quantitative estimate of drug-likeness (QED) is 0.811. The van der Waals surface area contributed by atoms with E-state index in [1.54, 1.807) is 4.90 Å². The Morgan fingerprint density at radius 1 is 1.35 bits per heavy atom. The van der Waals surface area contributed by atoms with Gasteiger partial charge in [-0.05, 0) is 40.4 Å². The molecule has 0 unspecified atom stereocenters. The number of nitrogens with zero attached hydrogens (tertiary/aromatic N) is 1. The first kappa shape index (κ1) is 14.2. The Bertz CT molecular complexity index is 421. The summed E-state index contributed by atoms with van der Waals surface area (Å²) in [5, 5.41) is 0. The Balaban J connectivity index is 2.93. The molecule has 3 heteroatoms. The van der Waals surface area contributed by atoms with E-state index < -0.39 is 0 Å². The second-order valence-electron chi connectivity index (χ2n) is 5.71. The average molecular weight is 298 g/mol. The van der Waals surface area contributed by atoms with Crippen LogP contribution in [0.15, 0.2) is 22.7 Å². The minimum atomic E-state index is 0.0653. The van der Waals surface area contributed by atoms with Crippen molar-refractivity contribution in [1.82, 2.24) is 4.90 Å². The number of carbonyl (C=O) groups excluding carboxylic acids is 1. The predicted molar refractivity (Wildman–Crippen MR) is 75.3 cm³/mol. The van der Waals surface area contributed by atoms with Crippen molar-refractivity contribution in [3.05, 3.63) is 33.8 Å². The van der Waals surface area contributed by atoms with Crippen LogP contribution in [0.3, 0.4) is 0 Å². The van der Waals surface area contributed by atoms with Crippen molar-refractivity contribution in [2.24, 2.45) is 5.41 Å². The highest BCUT2D eigenvalue weighted by atomic mass is 79.9. The first-order valence-electron chi connectivity index (χ1n) is 5.72. The van der Waals surface area contributed by atoms with Gasteiger partial charge in [0.25, 0.3) is 5.91 Å². The summed E-state index contributed by atoms with van der Waals surface area (Å²) in [6.07, 6.45) is 0. The third-order valence-electron chi connectivity index (χ3n) is 2.41. The number of benzene rings is 1. The fourth-order valence-corrected chi connectivity index (χ4v) is 2.21. The molecular formula is C14H20BrNO. The molecule has 0 aliphatic carbocycles. The predicted octanol–water partition coefficient (Wildman–Crippen LogP) is 3.88. The number of hydrogen-bond donors (Lipinski definition) is 0. The normalized spacial score (nSPS) is 11.4. The second kappa shape index (κ2) is 5.21. The summed E-state index contributed by atoms with van der Waals surface area (Å²) in [5.41, 5.74) is 1.94. The van der Waals surface area contributed by atoms with Crippen LogP contribution in [0.1, 0.15) is 36.7 Å². The van der Waals surface area contributed by atoms with E-state index in [4.69, 9.17) is 0 Å². The molecule has 0 aliphatic heterocycles. The summed E-state index contributed by atoms with van der Waals surface area (Å²) >= 11 is 3.43. The average Bonchev–Trinajstić information content (AvgIpc) is 2.18. The number of halogens is 1. The van der Waals surface area contributed by atoms with Gasteiger partial charge in [-0.25, -0.2) is 0 Å². The number of rotatable bonds is 2. The van der Waals surface area contributed by atoms with Crippen molar-refractivity contribution in [2.45, 2.75) is 27.7 Å². The highest BCUT2D eigenvalue weighted by molar-refractivity contribution is 9.10. The molecule has 0 aliphatic rings. The van der Waals surface area contributed by atoms with E-state index in [1.807, 2.05) is 32.2 Å². The lowest BCUT2D eigenvalue weighted by atomic mass is 9.96. The largest absolute Gasteiger partial charge is 0.341 e. The van der Waals surface area contributed by atoms with Crippen molar-refractivity contribution in [3.63, 3.8) is 0 Å². The maximum absolute atomic E-state index is 12.3. The van der Waals surface area contributed by atoms with Crippen LogP contribution < -0.4 is 0 Å². The van der Waals surface area contributed by atoms with Gasteiger partial charge in [0.05, 0.1) is 5.56 Å². The van der Waals surface area contributed by atoms with E-state index in [9.17, 15) is 4.79 Å². The van der Waals surface area contributed by atoms with Crippen molar-refractivity contribution in [1.29, 1.82) is 0 Å². The van der Waals surface area contributed by atoms with Gasteiger partial charge in [-0.1, -0.05) is 32.4 Å². The van der Waals surface area contributed by atoms with E-state index in [-0.39, 0.29) is 11.3 Å². The summed E-state index contributed by atoms with van der Waals surface area (Å²) < 4.78 is 0.855. The smallest absolute Gasteiger partial charge is 0.254 e. The Hall–Kier alpha value is -0.830. The van der Waals surface area contributed by atoms with E-state index >= 15 is 0 Å². The molecule has 0 fully saturated rings. The fraction of sp³-hybridized carbons (Fsp3) is 0.500. The lowest BCUT2D eigenvalue weighted by Crippen LogP contribution is -2.34. The van der Waals surface area contributed by atoms with Gasteiger partial charge >= 0.3 is 0 Å². The second-order valence-corrected chi connectivity index (χ2v) is 6.56. The van der Waals surface area contributed by atoms with Crippen molar-refractivity contribution >= 4 is 21.8 Å². The third-order valence-corrected chi connectivity index (χ3v) is 3.10.